The highest BCUT2D eigenvalue weighted by atomic mass is 16.1. The quantitative estimate of drug-likeness (QED) is 0.503. The molecule has 0 unspecified atom stereocenters. The number of imidazole rings is 1. The number of nitrogens with one attached hydrogen (secondary N) is 3. The van der Waals surface area contributed by atoms with Gasteiger partial charge in [0, 0.05) is 28.2 Å². The molecule has 132 valence electrons. The van der Waals surface area contributed by atoms with E-state index in [1.807, 2.05) is 49.4 Å². The number of fused-ring (bicyclic) bond motifs is 2. The van der Waals surface area contributed by atoms with Crippen molar-refractivity contribution in [2.24, 2.45) is 0 Å². The Morgan fingerprint density at radius 3 is 2.73 bits per heavy atom. The number of carbonyl (C=O) groups excluding carboxylic acids is 1. The summed E-state index contributed by atoms with van der Waals surface area (Å²) in [5.74, 6) is 1.27. The zero-order valence-corrected chi connectivity index (χ0v) is 15.2. The van der Waals surface area contributed by atoms with Gasteiger partial charge in [-0.2, -0.15) is 0 Å². The minimum absolute atomic E-state index is 0.0270. The SMILES string of the molecule is Cc1[nH]c2ccccc2c1CC(=O)Nc1ccc2nc(C(C)C)[nH]c2c1. The van der Waals surface area contributed by atoms with Crippen LogP contribution in [0.25, 0.3) is 21.9 Å². The number of para-hydroxylation sites is 1. The number of benzene rings is 2. The van der Waals surface area contributed by atoms with Crippen LogP contribution in [0.1, 0.15) is 36.8 Å². The summed E-state index contributed by atoms with van der Waals surface area (Å²) in [7, 11) is 0. The fraction of sp³-hybridized carbons (Fsp3) is 0.238. The van der Waals surface area contributed by atoms with Gasteiger partial charge < -0.3 is 15.3 Å². The van der Waals surface area contributed by atoms with Gasteiger partial charge in [0.05, 0.1) is 17.5 Å². The van der Waals surface area contributed by atoms with Crippen molar-refractivity contribution in [3.63, 3.8) is 0 Å². The summed E-state index contributed by atoms with van der Waals surface area (Å²) in [6, 6.07) is 13.8. The van der Waals surface area contributed by atoms with Crippen molar-refractivity contribution < 1.29 is 4.79 Å². The molecule has 0 fully saturated rings. The van der Waals surface area contributed by atoms with Crippen molar-refractivity contribution >= 4 is 33.5 Å². The summed E-state index contributed by atoms with van der Waals surface area (Å²) >= 11 is 0. The molecule has 0 aliphatic carbocycles. The van der Waals surface area contributed by atoms with Gasteiger partial charge in [-0.1, -0.05) is 32.0 Å². The number of aromatic nitrogens is 3. The third kappa shape index (κ3) is 2.96. The Morgan fingerprint density at radius 2 is 1.92 bits per heavy atom. The van der Waals surface area contributed by atoms with E-state index in [1.165, 1.54) is 0 Å². The second-order valence-corrected chi connectivity index (χ2v) is 7.01. The van der Waals surface area contributed by atoms with Gasteiger partial charge in [0.1, 0.15) is 5.82 Å². The average molecular weight is 346 g/mol. The Kier molecular flexibility index (Phi) is 3.99. The van der Waals surface area contributed by atoms with Gasteiger partial charge in [-0.3, -0.25) is 4.79 Å². The minimum Gasteiger partial charge on any atom is -0.358 e. The van der Waals surface area contributed by atoms with Gasteiger partial charge in [0.15, 0.2) is 0 Å². The molecule has 0 aliphatic rings. The summed E-state index contributed by atoms with van der Waals surface area (Å²) < 4.78 is 0. The zero-order chi connectivity index (χ0) is 18.3. The summed E-state index contributed by atoms with van der Waals surface area (Å²) in [5.41, 5.74) is 5.77. The number of aromatic amines is 2. The van der Waals surface area contributed by atoms with Crippen molar-refractivity contribution in [3.05, 3.63) is 59.5 Å². The fourth-order valence-electron chi connectivity index (χ4n) is 3.31. The monoisotopic (exact) mass is 346 g/mol. The largest absolute Gasteiger partial charge is 0.358 e. The zero-order valence-electron chi connectivity index (χ0n) is 15.2. The molecule has 4 aromatic rings. The Hall–Kier alpha value is -3.08. The van der Waals surface area contributed by atoms with Gasteiger partial charge in [-0.15, -0.1) is 0 Å². The third-order valence-electron chi connectivity index (χ3n) is 4.70. The van der Waals surface area contributed by atoms with E-state index in [9.17, 15) is 4.79 Å². The van der Waals surface area contributed by atoms with Crippen LogP contribution in [-0.2, 0) is 11.2 Å². The second-order valence-electron chi connectivity index (χ2n) is 7.01. The van der Waals surface area contributed by atoms with Crippen LogP contribution in [0.5, 0.6) is 0 Å². The number of hydrogen-bond donors (Lipinski definition) is 3. The number of anilines is 1. The molecule has 2 heterocycles. The van der Waals surface area contributed by atoms with E-state index in [0.29, 0.717) is 12.3 Å². The lowest BCUT2D eigenvalue weighted by Crippen LogP contribution is -2.14. The third-order valence-corrected chi connectivity index (χ3v) is 4.70. The molecule has 0 saturated heterocycles. The molecule has 0 bridgehead atoms. The molecule has 0 radical (unpaired) electrons. The normalized spacial score (nSPS) is 11.5. The molecule has 0 saturated carbocycles. The topological polar surface area (TPSA) is 73.6 Å². The lowest BCUT2D eigenvalue weighted by atomic mass is 10.1. The van der Waals surface area contributed by atoms with Crippen LogP contribution in [-0.4, -0.2) is 20.9 Å². The molecule has 2 aromatic heterocycles. The summed E-state index contributed by atoms with van der Waals surface area (Å²) in [5, 5.41) is 4.10. The maximum absolute atomic E-state index is 12.6. The van der Waals surface area contributed by atoms with E-state index < -0.39 is 0 Å². The highest BCUT2D eigenvalue weighted by Gasteiger charge is 2.13. The van der Waals surface area contributed by atoms with Crippen molar-refractivity contribution in [2.45, 2.75) is 33.1 Å². The average Bonchev–Trinajstić information content (AvgIpc) is 3.16. The Bertz CT molecular complexity index is 1100. The second kappa shape index (κ2) is 6.33. The lowest BCUT2D eigenvalue weighted by molar-refractivity contribution is -0.115. The highest BCUT2D eigenvalue weighted by Crippen LogP contribution is 2.24. The highest BCUT2D eigenvalue weighted by molar-refractivity contribution is 5.97. The van der Waals surface area contributed by atoms with Crippen LogP contribution in [0.4, 0.5) is 5.69 Å². The number of nitrogens with zero attached hydrogens (tertiary/aromatic N) is 1. The number of H-pyrrole nitrogens is 2. The Balaban J connectivity index is 1.56. The first-order valence-electron chi connectivity index (χ1n) is 8.87. The van der Waals surface area contributed by atoms with Crippen molar-refractivity contribution in [2.75, 3.05) is 5.32 Å². The van der Waals surface area contributed by atoms with E-state index in [0.717, 1.165) is 44.7 Å². The number of aryl methyl sites for hydroxylation is 1. The van der Waals surface area contributed by atoms with Gasteiger partial charge >= 0.3 is 0 Å². The van der Waals surface area contributed by atoms with E-state index in [2.05, 4.69) is 34.1 Å². The van der Waals surface area contributed by atoms with Crippen LogP contribution in [0.2, 0.25) is 0 Å². The van der Waals surface area contributed by atoms with Crippen LogP contribution in [0, 0.1) is 6.92 Å². The number of rotatable bonds is 4. The van der Waals surface area contributed by atoms with Crippen LogP contribution < -0.4 is 5.32 Å². The number of amides is 1. The maximum Gasteiger partial charge on any atom is 0.228 e. The number of hydrogen-bond acceptors (Lipinski definition) is 2. The first-order chi connectivity index (χ1) is 12.5. The summed E-state index contributed by atoms with van der Waals surface area (Å²) in [6.45, 7) is 6.21. The van der Waals surface area contributed by atoms with Crippen LogP contribution in [0.15, 0.2) is 42.5 Å². The van der Waals surface area contributed by atoms with E-state index in [4.69, 9.17) is 0 Å². The molecule has 4 rings (SSSR count). The molecule has 3 N–H and O–H groups in total. The van der Waals surface area contributed by atoms with Crippen molar-refractivity contribution in [1.82, 2.24) is 15.0 Å². The Morgan fingerprint density at radius 1 is 1.12 bits per heavy atom. The van der Waals surface area contributed by atoms with E-state index in [-0.39, 0.29) is 5.91 Å². The molecule has 1 amide bonds. The predicted octanol–water partition coefficient (Wildman–Crippen LogP) is 4.66. The van der Waals surface area contributed by atoms with Crippen LogP contribution >= 0.6 is 0 Å². The Labute approximate surface area is 151 Å². The van der Waals surface area contributed by atoms with E-state index in [1.54, 1.807) is 0 Å². The summed E-state index contributed by atoms with van der Waals surface area (Å²) in [6.07, 6.45) is 0.341. The van der Waals surface area contributed by atoms with Gasteiger partial charge in [-0.05, 0) is 36.8 Å². The maximum atomic E-state index is 12.6. The molecule has 26 heavy (non-hydrogen) atoms. The molecule has 2 aromatic carbocycles. The van der Waals surface area contributed by atoms with Crippen molar-refractivity contribution in [1.29, 1.82) is 0 Å². The smallest absolute Gasteiger partial charge is 0.228 e. The fourth-order valence-corrected chi connectivity index (χ4v) is 3.31. The number of carbonyl (C=O) groups is 1. The molecule has 0 spiro atoms. The molecular weight excluding hydrogens is 324 g/mol. The minimum atomic E-state index is -0.0270. The lowest BCUT2D eigenvalue weighted by Gasteiger charge is -2.06. The first kappa shape index (κ1) is 16.4. The van der Waals surface area contributed by atoms with Crippen LogP contribution in [0.3, 0.4) is 0 Å². The van der Waals surface area contributed by atoms with Gasteiger partial charge in [0.2, 0.25) is 5.91 Å². The molecule has 5 heteroatoms. The predicted molar refractivity (Wildman–Crippen MR) is 106 cm³/mol. The van der Waals surface area contributed by atoms with E-state index >= 15 is 0 Å². The molecule has 0 aliphatic heterocycles. The van der Waals surface area contributed by atoms with Gasteiger partial charge in [-0.25, -0.2) is 4.98 Å². The summed E-state index contributed by atoms with van der Waals surface area (Å²) in [4.78, 5) is 23.8. The first-order valence-corrected chi connectivity index (χ1v) is 8.87. The molecule has 0 atom stereocenters. The molecular formula is C21H22N4O. The van der Waals surface area contributed by atoms with Crippen molar-refractivity contribution in [3.8, 4) is 0 Å². The van der Waals surface area contributed by atoms with Gasteiger partial charge in [0.25, 0.3) is 0 Å². The standard InChI is InChI=1S/C21H22N4O/c1-12(2)21-24-18-9-8-14(10-19(18)25-21)23-20(26)11-16-13(3)22-17-7-5-4-6-15(16)17/h4-10,12,22H,11H2,1-3H3,(H,23,26)(H,24,25). The molecule has 5 nitrogen and oxygen atoms in total.